The topological polar surface area (TPSA) is 46.3 Å². The lowest BCUT2D eigenvalue weighted by Gasteiger charge is -2.27. The molecule has 1 heterocycles. The molecule has 0 bridgehead atoms. The van der Waals surface area contributed by atoms with E-state index >= 15 is 0 Å². The van der Waals surface area contributed by atoms with Gasteiger partial charge < -0.3 is 10.6 Å². The molecule has 104 valence electrons. The standard InChI is InChI=1S/C16H24N2O/c1-3-15-14(13-6-4-12(2)5-7-13)9-11-18(15)16(19)8-10-17/h4-7,14-15H,3,8-11,17H2,1-2H3/t14-,15-/m1/s1. The Bertz CT molecular complexity index is 427. The van der Waals surface area contributed by atoms with Crippen LogP contribution in [-0.4, -0.2) is 29.9 Å². The molecule has 3 nitrogen and oxygen atoms in total. The first-order chi connectivity index (χ1) is 9.17. The summed E-state index contributed by atoms with van der Waals surface area (Å²) in [7, 11) is 0. The lowest BCUT2D eigenvalue weighted by molar-refractivity contribution is -0.131. The van der Waals surface area contributed by atoms with Crippen molar-refractivity contribution in [2.75, 3.05) is 13.1 Å². The van der Waals surface area contributed by atoms with E-state index in [-0.39, 0.29) is 5.91 Å². The fourth-order valence-corrected chi connectivity index (χ4v) is 3.14. The van der Waals surface area contributed by atoms with Crippen molar-refractivity contribution in [3.05, 3.63) is 35.4 Å². The Morgan fingerprint density at radius 2 is 2.05 bits per heavy atom. The molecule has 3 heteroatoms. The number of rotatable bonds is 4. The third-order valence-electron chi connectivity index (χ3n) is 4.15. The zero-order valence-electron chi connectivity index (χ0n) is 11.9. The highest BCUT2D eigenvalue weighted by molar-refractivity contribution is 5.77. The summed E-state index contributed by atoms with van der Waals surface area (Å²) in [6.45, 7) is 5.59. The number of nitrogens with two attached hydrogens (primary N) is 1. The zero-order chi connectivity index (χ0) is 13.8. The van der Waals surface area contributed by atoms with Crippen LogP contribution < -0.4 is 5.73 Å². The van der Waals surface area contributed by atoms with Gasteiger partial charge in [-0.2, -0.15) is 0 Å². The maximum Gasteiger partial charge on any atom is 0.224 e. The van der Waals surface area contributed by atoms with Gasteiger partial charge in [0.25, 0.3) is 0 Å². The van der Waals surface area contributed by atoms with Crippen LogP contribution in [0.2, 0.25) is 0 Å². The molecular formula is C16H24N2O. The second kappa shape index (κ2) is 6.20. The van der Waals surface area contributed by atoms with Gasteiger partial charge in [-0.1, -0.05) is 36.8 Å². The molecule has 0 radical (unpaired) electrons. The van der Waals surface area contributed by atoms with Crippen LogP contribution in [0.15, 0.2) is 24.3 Å². The van der Waals surface area contributed by atoms with Crippen molar-refractivity contribution >= 4 is 5.91 Å². The molecule has 0 spiro atoms. The number of carbonyl (C=O) groups excluding carboxylic acids is 1. The molecule has 0 aromatic heterocycles. The van der Waals surface area contributed by atoms with Gasteiger partial charge in [0, 0.05) is 31.5 Å². The smallest absolute Gasteiger partial charge is 0.224 e. The number of nitrogens with zero attached hydrogens (tertiary/aromatic N) is 1. The Morgan fingerprint density at radius 1 is 1.37 bits per heavy atom. The zero-order valence-corrected chi connectivity index (χ0v) is 11.9. The Morgan fingerprint density at radius 3 is 2.63 bits per heavy atom. The molecule has 1 saturated heterocycles. The summed E-state index contributed by atoms with van der Waals surface area (Å²) in [5, 5.41) is 0. The Labute approximate surface area is 115 Å². The number of amides is 1. The SMILES string of the molecule is CC[C@@H]1[C@@H](c2ccc(C)cc2)CCN1C(=O)CCN. The summed E-state index contributed by atoms with van der Waals surface area (Å²) in [4.78, 5) is 14.1. The Kier molecular flexibility index (Phi) is 4.59. The van der Waals surface area contributed by atoms with Gasteiger partial charge in [-0.05, 0) is 25.3 Å². The van der Waals surface area contributed by atoms with E-state index in [1.165, 1.54) is 11.1 Å². The summed E-state index contributed by atoms with van der Waals surface area (Å²) >= 11 is 0. The summed E-state index contributed by atoms with van der Waals surface area (Å²) in [6, 6.07) is 9.07. The molecule has 2 rings (SSSR count). The summed E-state index contributed by atoms with van der Waals surface area (Å²) in [5.74, 6) is 0.691. The lowest BCUT2D eigenvalue weighted by Crippen LogP contribution is -2.37. The van der Waals surface area contributed by atoms with Gasteiger partial charge in [-0.25, -0.2) is 0 Å². The number of benzene rings is 1. The van der Waals surface area contributed by atoms with Crippen LogP contribution >= 0.6 is 0 Å². The first-order valence-corrected chi connectivity index (χ1v) is 7.23. The summed E-state index contributed by atoms with van der Waals surface area (Å²) in [6.07, 6.45) is 2.55. The van der Waals surface area contributed by atoms with E-state index in [9.17, 15) is 4.79 Å². The van der Waals surface area contributed by atoms with Crippen molar-refractivity contribution in [2.45, 2.75) is 45.1 Å². The fraction of sp³-hybridized carbons (Fsp3) is 0.562. The Hall–Kier alpha value is -1.35. The third kappa shape index (κ3) is 2.98. The van der Waals surface area contributed by atoms with Crippen molar-refractivity contribution in [3.8, 4) is 0 Å². The van der Waals surface area contributed by atoms with Crippen molar-refractivity contribution in [2.24, 2.45) is 5.73 Å². The average Bonchev–Trinajstić information content (AvgIpc) is 2.83. The van der Waals surface area contributed by atoms with Gasteiger partial charge in [0.1, 0.15) is 0 Å². The number of hydrogen-bond donors (Lipinski definition) is 1. The maximum absolute atomic E-state index is 12.1. The van der Waals surface area contributed by atoms with E-state index in [2.05, 4.69) is 38.1 Å². The molecule has 1 aliphatic heterocycles. The van der Waals surface area contributed by atoms with E-state index in [1.54, 1.807) is 0 Å². The van der Waals surface area contributed by atoms with Gasteiger partial charge in [-0.3, -0.25) is 4.79 Å². The van der Waals surface area contributed by atoms with E-state index < -0.39 is 0 Å². The number of aryl methyl sites for hydroxylation is 1. The van der Waals surface area contributed by atoms with E-state index in [0.29, 0.717) is 24.9 Å². The first kappa shape index (κ1) is 14.1. The first-order valence-electron chi connectivity index (χ1n) is 7.23. The van der Waals surface area contributed by atoms with E-state index in [4.69, 9.17) is 5.73 Å². The van der Waals surface area contributed by atoms with Gasteiger partial charge in [0.2, 0.25) is 5.91 Å². The van der Waals surface area contributed by atoms with Crippen LogP contribution in [0.4, 0.5) is 0 Å². The monoisotopic (exact) mass is 260 g/mol. The molecule has 1 fully saturated rings. The predicted molar refractivity (Wildman–Crippen MR) is 78.0 cm³/mol. The molecule has 1 aromatic rings. The van der Waals surface area contributed by atoms with Crippen molar-refractivity contribution in [3.63, 3.8) is 0 Å². The van der Waals surface area contributed by atoms with Crippen LogP contribution in [0.1, 0.15) is 43.2 Å². The molecule has 0 aliphatic carbocycles. The summed E-state index contributed by atoms with van der Waals surface area (Å²) < 4.78 is 0. The highest BCUT2D eigenvalue weighted by Gasteiger charge is 2.35. The van der Waals surface area contributed by atoms with Crippen LogP contribution in [0.25, 0.3) is 0 Å². The van der Waals surface area contributed by atoms with Gasteiger partial charge in [0.15, 0.2) is 0 Å². The Balaban J connectivity index is 2.15. The molecule has 19 heavy (non-hydrogen) atoms. The second-order valence-electron chi connectivity index (χ2n) is 5.41. The number of hydrogen-bond acceptors (Lipinski definition) is 2. The number of likely N-dealkylation sites (tertiary alicyclic amines) is 1. The van der Waals surface area contributed by atoms with Crippen LogP contribution in [0, 0.1) is 6.92 Å². The lowest BCUT2D eigenvalue weighted by atomic mass is 9.90. The van der Waals surface area contributed by atoms with E-state index in [0.717, 1.165) is 19.4 Å². The maximum atomic E-state index is 12.1. The van der Waals surface area contributed by atoms with Crippen molar-refractivity contribution in [1.82, 2.24) is 4.90 Å². The average molecular weight is 260 g/mol. The van der Waals surface area contributed by atoms with Gasteiger partial charge >= 0.3 is 0 Å². The van der Waals surface area contributed by atoms with Crippen LogP contribution in [0.5, 0.6) is 0 Å². The largest absolute Gasteiger partial charge is 0.339 e. The van der Waals surface area contributed by atoms with Gasteiger partial charge in [-0.15, -0.1) is 0 Å². The highest BCUT2D eigenvalue weighted by Crippen LogP contribution is 2.35. The second-order valence-corrected chi connectivity index (χ2v) is 5.41. The van der Waals surface area contributed by atoms with Crippen molar-refractivity contribution < 1.29 is 4.79 Å². The fourth-order valence-electron chi connectivity index (χ4n) is 3.14. The molecule has 2 atom stereocenters. The quantitative estimate of drug-likeness (QED) is 0.904. The van der Waals surface area contributed by atoms with Gasteiger partial charge in [0.05, 0.1) is 0 Å². The molecule has 0 saturated carbocycles. The van der Waals surface area contributed by atoms with Crippen LogP contribution in [-0.2, 0) is 4.79 Å². The third-order valence-corrected chi connectivity index (χ3v) is 4.15. The normalized spacial score (nSPS) is 22.8. The minimum atomic E-state index is 0.212. The minimum Gasteiger partial charge on any atom is -0.339 e. The number of carbonyl (C=O) groups is 1. The molecule has 1 amide bonds. The molecule has 0 unspecified atom stereocenters. The molecule has 1 aromatic carbocycles. The van der Waals surface area contributed by atoms with E-state index in [1.807, 2.05) is 4.90 Å². The molecule has 2 N–H and O–H groups in total. The minimum absolute atomic E-state index is 0.212. The summed E-state index contributed by atoms with van der Waals surface area (Å²) in [5.41, 5.74) is 8.14. The highest BCUT2D eigenvalue weighted by atomic mass is 16.2. The predicted octanol–water partition coefficient (Wildman–Crippen LogP) is 2.44. The molecule has 1 aliphatic rings. The molecular weight excluding hydrogens is 236 g/mol. The van der Waals surface area contributed by atoms with Crippen LogP contribution in [0.3, 0.4) is 0 Å². The van der Waals surface area contributed by atoms with Crippen molar-refractivity contribution in [1.29, 1.82) is 0 Å².